The van der Waals surface area contributed by atoms with Crippen molar-refractivity contribution in [2.45, 2.75) is 6.92 Å². The molecule has 5 nitrogen and oxygen atoms in total. The molecule has 0 radical (unpaired) electrons. The maximum absolute atomic E-state index is 9.39. The summed E-state index contributed by atoms with van der Waals surface area (Å²) >= 11 is 0. The maximum Gasteiger partial charge on any atom is 0.222 e. The molecule has 0 saturated carbocycles. The Morgan fingerprint density at radius 2 is 2.12 bits per heavy atom. The van der Waals surface area contributed by atoms with Gasteiger partial charge in [0.1, 0.15) is 17.8 Å². The van der Waals surface area contributed by atoms with Crippen molar-refractivity contribution in [2.24, 2.45) is 0 Å². The Kier molecular flexibility index (Phi) is 2.59. The maximum atomic E-state index is 9.39. The molecule has 0 bridgehead atoms. The zero-order chi connectivity index (χ0) is 11.5. The van der Waals surface area contributed by atoms with Crippen LogP contribution < -0.4 is 10.5 Å². The van der Waals surface area contributed by atoms with Crippen LogP contribution in [0.25, 0.3) is 0 Å². The first-order valence-electron chi connectivity index (χ1n) is 4.71. The van der Waals surface area contributed by atoms with Gasteiger partial charge in [0.25, 0.3) is 0 Å². The van der Waals surface area contributed by atoms with Gasteiger partial charge in [-0.1, -0.05) is 6.07 Å². The standard InChI is InChI=1S/C11H11N3O2/c1-7-5-10(14-6-13-7)16-9-4-2-3-8(15)11(9)12/h2-6,15H,12H2,1H3. The van der Waals surface area contributed by atoms with E-state index in [4.69, 9.17) is 10.5 Å². The highest BCUT2D eigenvalue weighted by molar-refractivity contribution is 5.62. The quantitative estimate of drug-likeness (QED) is 0.592. The Morgan fingerprint density at radius 1 is 1.31 bits per heavy atom. The summed E-state index contributed by atoms with van der Waals surface area (Å²) in [6.45, 7) is 1.83. The third kappa shape index (κ3) is 2.03. The fourth-order valence-electron chi connectivity index (χ4n) is 1.22. The van der Waals surface area contributed by atoms with Gasteiger partial charge in [0.05, 0.1) is 0 Å². The summed E-state index contributed by atoms with van der Waals surface area (Å²) in [4.78, 5) is 7.88. The van der Waals surface area contributed by atoms with Crippen LogP contribution >= 0.6 is 0 Å². The van der Waals surface area contributed by atoms with Gasteiger partial charge in [-0.2, -0.15) is 0 Å². The molecule has 2 aromatic rings. The summed E-state index contributed by atoms with van der Waals surface area (Å²) in [7, 11) is 0. The van der Waals surface area contributed by atoms with Crippen LogP contribution in [0.2, 0.25) is 0 Å². The fraction of sp³-hybridized carbons (Fsp3) is 0.0909. The number of para-hydroxylation sites is 1. The average molecular weight is 217 g/mol. The summed E-state index contributed by atoms with van der Waals surface area (Å²) in [5.74, 6) is 0.756. The van der Waals surface area contributed by atoms with Gasteiger partial charge in [-0.15, -0.1) is 0 Å². The predicted octanol–water partition coefficient (Wildman–Crippen LogP) is 1.87. The molecule has 1 aromatic carbocycles. The van der Waals surface area contributed by atoms with Crippen molar-refractivity contribution in [3.63, 3.8) is 0 Å². The number of rotatable bonds is 2. The van der Waals surface area contributed by atoms with Gasteiger partial charge in [0, 0.05) is 11.8 Å². The van der Waals surface area contributed by atoms with Crippen molar-refractivity contribution in [3.05, 3.63) is 36.3 Å². The van der Waals surface area contributed by atoms with Crippen LogP contribution in [-0.4, -0.2) is 15.1 Å². The Labute approximate surface area is 92.5 Å². The predicted molar refractivity (Wildman–Crippen MR) is 59.4 cm³/mol. The van der Waals surface area contributed by atoms with E-state index in [2.05, 4.69) is 9.97 Å². The first kappa shape index (κ1) is 10.2. The number of hydrogen-bond acceptors (Lipinski definition) is 5. The highest BCUT2D eigenvalue weighted by Gasteiger charge is 2.06. The molecule has 0 aliphatic rings. The lowest BCUT2D eigenvalue weighted by molar-refractivity contribution is 0.448. The van der Waals surface area contributed by atoms with E-state index in [9.17, 15) is 5.11 Å². The summed E-state index contributed by atoms with van der Waals surface area (Å²) in [5.41, 5.74) is 6.64. The van der Waals surface area contributed by atoms with Crippen molar-refractivity contribution < 1.29 is 9.84 Å². The van der Waals surface area contributed by atoms with E-state index in [1.165, 1.54) is 12.4 Å². The van der Waals surface area contributed by atoms with Gasteiger partial charge in [-0.05, 0) is 19.1 Å². The molecule has 0 amide bonds. The number of phenolic OH excluding ortho intramolecular Hbond substituents is 1. The number of nitrogen functional groups attached to an aromatic ring is 1. The number of hydrogen-bond donors (Lipinski definition) is 2. The number of phenols is 1. The molecule has 16 heavy (non-hydrogen) atoms. The summed E-state index contributed by atoms with van der Waals surface area (Å²) < 4.78 is 5.43. The molecule has 0 unspecified atom stereocenters. The third-order valence-corrected chi connectivity index (χ3v) is 2.04. The number of aryl methyl sites for hydroxylation is 1. The van der Waals surface area contributed by atoms with Gasteiger partial charge < -0.3 is 15.6 Å². The second-order valence-electron chi connectivity index (χ2n) is 3.29. The second-order valence-corrected chi connectivity index (χ2v) is 3.29. The monoisotopic (exact) mass is 217 g/mol. The Bertz CT molecular complexity index is 514. The summed E-state index contributed by atoms with van der Waals surface area (Å²) in [6, 6.07) is 6.48. The lowest BCUT2D eigenvalue weighted by atomic mass is 10.3. The molecular formula is C11H11N3O2. The minimum Gasteiger partial charge on any atom is -0.506 e. The molecule has 0 spiro atoms. The van der Waals surface area contributed by atoms with Crippen LogP contribution in [-0.2, 0) is 0 Å². The Morgan fingerprint density at radius 3 is 2.88 bits per heavy atom. The zero-order valence-corrected chi connectivity index (χ0v) is 8.71. The molecule has 0 atom stereocenters. The zero-order valence-electron chi connectivity index (χ0n) is 8.71. The largest absolute Gasteiger partial charge is 0.506 e. The van der Waals surface area contributed by atoms with Crippen molar-refractivity contribution in [1.82, 2.24) is 9.97 Å². The third-order valence-electron chi connectivity index (χ3n) is 2.04. The van der Waals surface area contributed by atoms with Crippen LogP contribution in [0.15, 0.2) is 30.6 Å². The molecule has 3 N–H and O–H groups in total. The van der Waals surface area contributed by atoms with Gasteiger partial charge in [0.15, 0.2) is 5.75 Å². The number of nitrogens with zero attached hydrogens (tertiary/aromatic N) is 2. The van der Waals surface area contributed by atoms with E-state index in [0.29, 0.717) is 11.6 Å². The smallest absolute Gasteiger partial charge is 0.222 e. The molecule has 1 heterocycles. The van der Waals surface area contributed by atoms with Gasteiger partial charge in [-0.25, -0.2) is 9.97 Å². The van der Waals surface area contributed by atoms with Crippen LogP contribution in [0.5, 0.6) is 17.4 Å². The second kappa shape index (κ2) is 4.06. The highest BCUT2D eigenvalue weighted by Crippen LogP contribution is 2.32. The van der Waals surface area contributed by atoms with E-state index < -0.39 is 0 Å². The Balaban J connectivity index is 2.31. The van der Waals surface area contributed by atoms with Crippen molar-refractivity contribution in [2.75, 3.05) is 5.73 Å². The Hall–Kier alpha value is -2.30. The number of benzene rings is 1. The molecule has 0 fully saturated rings. The average Bonchev–Trinajstić information content (AvgIpc) is 2.25. The van der Waals surface area contributed by atoms with Crippen LogP contribution in [0.1, 0.15) is 5.69 Å². The molecule has 82 valence electrons. The van der Waals surface area contributed by atoms with Crippen LogP contribution in [0.4, 0.5) is 5.69 Å². The van der Waals surface area contributed by atoms with Crippen molar-refractivity contribution in [3.8, 4) is 17.4 Å². The van der Waals surface area contributed by atoms with E-state index >= 15 is 0 Å². The molecular weight excluding hydrogens is 206 g/mol. The van der Waals surface area contributed by atoms with E-state index in [1.807, 2.05) is 6.92 Å². The van der Waals surface area contributed by atoms with E-state index in [1.54, 1.807) is 18.2 Å². The highest BCUT2D eigenvalue weighted by atomic mass is 16.5. The van der Waals surface area contributed by atoms with Gasteiger partial charge in [0.2, 0.25) is 5.88 Å². The number of nitrogens with two attached hydrogens (primary N) is 1. The topological polar surface area (TPSA) is 81.3 Å². The normalized spacial score (nSPS) is 10.1. The van der Waals surface area contributed by atoms with Crippen molar-refractivity contribution >= 4 is 5.69 Å². The van der Waals surface area contributed by atoms with Crippen LogP contribution in [0, 0.1) is 6.92 Å². The van der Waals surface area contributed by atoms with Gasteiger partial charge in [-0.3, -0.25) is 0 Å². The van der Waals surface area contributed by atoms with E-state index in [0.717, 1.165) is 5.69 Å². The molecule has 1 aromatic heterocycles. The minimum absolute atomic E-state index is 0.0109. The summed E-state index contributed by atoms with van der Waals surface area (Å²) in [5, 5.41) is 9.39. The van der Waals surface area contributed by atoms with Gasteiger partial charge >= 0.3 is 0 Å². The molecule has 0 saturated heterocycles. The number of aromatic nitrogens is 2. The number of aromatic hydroxyl groups is 1. The lowest BCUT2D eigenvalue weighted by Crippen LogP contribution is -1.94. The van der Waals surface area contributed by atoms with Crippen molar-refractivity contribution in [1.29, 1.82) is 0 Å². The lowest BCUT2D eigenvalue weighted by Gasteiger charge is -2.08. The fourth-order valence-corrected chi connectivity index (χ4v) is 1.22. The SMILES string of the molecule is Cc1cc(Oc2cccc(O)c2N)ncn1. The minimum atomic E-state index is -0.0109. The number of anilines is 1. The van der Waals surface area contributed by atoms with E-state index in [-0.39, 0.29) is 11.4 Å². The van der Waals surface area contributed by atoms with Crippen LogP contribution in [0.3, 0.4) is 0 Å². The number of ether oxygens (including phenoxy) is 1. The molecule has 2 rings (SSSR count). The summed E-state index contributed by atoms with van der Waals surface area (Å²) in [6.07, 6.45) is 1.41. The first-order valence-corrected chi connectivity index (χ1v) is 4.71. The molecule has 0 aliphatic carbocycles. The first-order chi connectivity index (χ1) is 7.66. The molecule has 5 heteroatoms. The molecule has 0 aliphatic heterocycles.